The third kappa shape index (κ3) is 31.5. The van der Waals surface area contributed by atoms with Gasteiger partial charge >= 0.3 is 5.97 Å². The van der Waals surface area contributed by atoms with E-state index in [1.165, 1.54) is 103 Å². The number of nitrogens with one attached hydrogen (secondary N) is 2. The molecule has 648 valence electrons. The van der Waals surface area contributed by atoms with Gasteiger partial charge in [-0.15, -0.1) is 0 Å². The van der Waals surface area contributed by atoms with Crippen molar-refractivity contribution in [2.24, 2.45) is 5.92 Å². The van der Waals surface area contributed by atoms with Crippen LogP contribution in [0.15, 0.2) is 12.2 Å². The highest BCUT2D eigenvalue weighted by atomic mass is 16.8. The van der Waals surface area contributed by atoms with Crippen molar-refractivity contribution < 1.29 is 153 Å². The fraction of sp³-hybridized carbons (Fsp3) is 0.923. The maximum absolute atomic E-state index is 13.9. The van der Waals surface area contributed by atoms with E-state index >= 15 is 0 Å². The zero-order valence-corrected chi connectivity index (χ0v) is 65.8. The Hall–Kier alpha value is -3.22. The Labute approximate surface area is 654 Å². The summed E-state index contributed by atoms with van der Waals surface area (Å²) in [5.74, 6) is -9.03. The highest BCUT2D eigenvalue weighted by molar-refractivity contribution is 5.77. The Bertz CT molecular complexity index is 2570. The SMILES string of the molecule is CCCCCCCCC=CCCCCCCCCCCCC(=O)N[C@@H](CO[C@@H]1O[C@H](CO)[C@@H](O[C@@H]2O[C@H](CO)[C@H](O[C@@H]3O[C@H](CO)[C@H](O)[C@H](O[C@@H]4O[C@H](CO)[C@H](O)[C@H](O)[C@H]4O)[C@H]3CC(C)=O)[C@H](O[C@]3(C(=O)O)C[C@H](O)[C@@H](NC(C)=O)C([C@H](O)[C@H](O)CO)O3)[C@H]2O)[C@H](O)[C@H]1O)[C@H](O)CCCCCCCCCCCCCCC. The first kappa shape index (κ1) is 98.4. The zero-order valence-electron chi connectivity index (χ0n) is 65.8. The molecule has 33 nitrogen and oxygen atoms in total. The van der Waals surface area contributed by atoms with Crippen molar-refractivity contribution in [1.29, 1.82) is 0 Å². The average molecular weight is 1600 g/mol. The predicted molar refractivity (Wildman–Crippen MR) is 398 cm³/mol. The molecule has 5 saturated heterocycles. The molecule has 5 aliphatic heterocycles. The molecule has 0 aromatic carbocycles. The first-order chi connectivity index (χ1) is 53.3. The van der Waals surface area contributed by atoms with Crippen LogP contribution in [0.25, 0.3) is 0 Å². The number of carboxylic acids is 1. The van der Waals surface area contributed by atoms with Gasteiger partial charge in [-0.25, -0.2) is 4.79 Å². The number of ether oxygens (including phenoxy) is 10. The van der Waals surface area contributed by atoms with Crippen molar-refractivity contribution in [3.05, 3.63) is 12.2 Å². The largest absolute Gasteiger partial charge is 0.477 e. The molecule has 2 amide bonds. The van der Waals surface area contributed by atoms with Crippen LogP contribution in [0.3, 0.4) is 0 Å². The number of aliphatic carboxylic acids is 1. The van der Waals surface area contributed by atoms with Crippen LogP contribution in [0, 0.1) is 5.92 Å². The highest BCUT2D eigenvalue weighted by Crippen LogP contribution is 2.43. The first-order valence-electron chi connectivity index (χ1n) is 41.3. The molecule has 0 spiro atoms. The van der Waals surface area contributed by atoms with E-state index in [1.807, 2.05) is 0 Å². The summed E-state index contributed by atoms with van der Waals surface area (Å²) in [7, 11) is 0. The Balaban J connectivity index is 1.35. The molecule has 1 unspecified atom stereocenters. The molecule has 0 aromatic rings. The van der Waals surface area contributed by atoms with Gasteiger partial charge in [0.2, 0.25) is 11.8 Å². The number of carbonyl (C=O) groups excluding carboxylic acids is 3. The van der Waals surface area contributed by atoms with Crippen LogP contribution in [-0.4, -0.2) is 315 Å². The maximum atomic E-state index is 13.9. The number of carboxylic acid groups (broad SMARTS) is 1. The Morgan fingerprint density at radius 1 is 0.486 bits per heavy atom. The topological polar surface area (TPSA) is 529 Å². The summed E-state index contributed by atoms with van der Waals surface area (Å²) in [6.45, 7) is 0.605. The van der Waals surface area contributed by atoms with E-state index in [0.29, 0.717) is 12.8 Å². The number of allylic oxidation sites excluding steroid dienone is 2. The molecule has 0 bridgehead atoms. The van der Waals surface area contributed by atoms with Crippen LogP contribution in [0.5, 0.6) is 0 Å². The van der Waals surface area contributed by atoms with Crippen LogP contribution in [0.1, 0.15) is 246 Å². The van der Waals surface area contributed by atoms with E-state index in [-0.39, 0.29) is 18.7 Å². The van der Waals surface area contributed by atoms with Gasteiger partial charge in [-0.05, 0) is 45.4 Å². The van der Waals surface area contributed by atoms with E-state index in [1.54, 1.807) is 0 Å². The molecule has 19 N–H and O–H groups in total. The summed E-state index contributed by atoms with van der Waals surface area (Å²) in [6, 6.07) is -2.81. The Morgan fingerprint density at radius 2 is 0.937 bits per heavy atom. The van der Waals surface area contributed by atoms with Crippen molar-refractivity contribution in [2.45, 2.75) is 411 Å². The summed E-state index contributed by atoms with van der Waals surface area (Å²) in [5.41, 5.74) is 0. The van der Waals surface area contributed by atoms with Crippen molar-refractivity contribution in [3.63, 3.8) is 0 Å². The third-order valence-electron chi connectivity index (χ3n) is 21.9. The minimum Gasteiger partial charge on any atom is -0.477 e. The molecule has 0 saturated carbocycles. The minimum absolute atomic E-state index is 0.156. The predicted octanol–water partition coefficient (Wildman–Crippen LogP) is 1.61. The van der Waals surface area contributed by atoms with Gasteiger partial charge in [0.05, 0.1) is 70.0 Å². The highest BCUT2D eigenvalue weighted by Gasteiger charge is 2.62. The summed E-state index contributed by atoms with van der Waals surface area (Å²) in [5, 5.41) is 195. The normalized spacial score (nSPS) is 33.8. The van der Waals surface area contributed by atoms with Crippen LogP contribution in [0.2, 0.25) is 0 Å². The number of amides is 2. The lowest BCUT2D eigenvalue weighted by Gasteiger charge is -2.52. The molecule has 5 rings (SSSR count). The van der Waals surface area contributed by atoms with Crippen LogP contribution in [0.4, 0.5) is 0 Å². The molecule has 0 radical (unpaired) electrons. The molecule has 111 heavy (non-hydrogen) atoms. The van der Waals surface area contributed by atoms with E-state index in [0.717, 1.165) is 90.9 Å². The molecule has 5 heterocycles. The molecular weight excluding hydrogens is 1460 g/mol. The van der Waals surface area contributed by atoms with Crippen LogP contribution in [-0.2, 0) is 66.5 Å². The molecule has 33 heteroatoms. The van der Waals surface area contributed by atoms with Gasteiger partial charge in [-0.1, -0.05) is 187 Å². The van der Waals surface area contributed by atoms with Gasteiger partial charge in [0.15, 0.2) is 25.2 Å². The third-order valence-corrected chi connectivity index (χ3v) is 21.9. The average Bonchev–Trinajstić information content (AvgIpc) is 0.748. The lowest BCUT2D eigenvalue weighted by Crippen LogP contribution is -2.71. The second-order valence-corrected chi connectivity index (χ2v) is 31.0. The summed E-state index contributed by atoms with van der Waals surface area (Å²) < 4.78 is 60.5. The number of hydrogen-bond donors (Lipinski definition) is 19. The van der Waals surface area contributed by atoms with Gasteiger partial charge in [-0.3, -0.25) is 9.59 Å². The quantitative estimate of drug-likeness (QED) is 0.0304. The molecule has 28 atom stereocenters. The van der Waals surface area contributed by atoms with Crippen molar-refractivity contribution in [3.8, 4) is 0 Å². The van der Waals surface area contributed by atoms with Crippen LogP contribution < -0.4 is 10.6 Å². The lowest BCUT2D eigenvalue weighted by molar-refractivity contribution is -0.406. The molecule has 5 fully saturated rings. The number of ketones is 1. The second kappa shape index (κ2) is 53.3. The van der Waals surface area contributed by atoms with Gasteiger partial charge in [0.25, 0.3) is 5.79 Å². The number of rotatable bonds is 57. The smallest absolute Gasteiger partial charge is 0.364 e. The molecule has 0 aromatic heterocycles. The summed E-state index contributed by atoms with van der Waals surface area (Å²) >= 11 is 0. The van der Waals surface area contributed by atoms with Gasteiger partial charge < -0.3 is 150 Å². The monoisotopic (exact) mass is 1600 g/mol. The van der Waals surface area contributed by atoms with E-state index in [4.69, 9.17) is 47.4 Å². The lowest BCUT2D eigenvalue weighted by atomic mass is 9.86. The molecule has 5 aliphatic rings. The van der Waals surface area contributed by atoms with Crippen molar-refractivity contribution in [2.75, 3.05) is 39.6 Å². The minimum atomic E-state index is -3.36. The van der Waals surface area contributed by atoms with Crippen molar-refractivity contribution >= 4 is 23.6 Å². The Kier molecular flexibility index (Phi) is 47.2. The van der Waals surface area contributed by atoms with E-state index in [9.17, 15) is 106 Å². The fourth-order valence-electron chi connectivity index (χ4n) is 15.3. The second-order valence-electron chi connectivity index (χ2n) is 31.0. The van der Waals surface area contributed by atoms with Crippen LogP contribution >= 0.6 is 0 Å². The fourth-order valence-corrected chi connectivity index (χ4v) is 15.3. The molecule has 0 aliphatic carbocycles. The maximum Gasteiger partial charge on any atom is 0.364 e. The molecular formula is C78H140N2O31. The Morgan fingerprint density at radius 3 is 1.45 bits per heavy atom. The van der Waals surface area contributed by atoms with Crippen molar-refractivity contribution in [1.82, 2.24) is 10.6 Å². The van der Waals surface area contributed by atoms with Gasteiger partial charge in [-0.2, -0.15) is 0 Å². The van der Waals surface area contributed by atoms with Gasteiger partial charge in [0, 0.05) is 32.1 Å². The summed E-state index contributed by atoms with van der Waals surface area (Å²) in [6.07, 6.45) is -11.7. The number of Topliss-reactive ketones (excluding diaryl/α,β-unsaturated/α-hetero) is 1. The number of hydrogen-bond acceptors (Lipinski definition) is 30. The van der Waals surface area contributed by atoms with E-state index in [2.05, 4.69) is 36.6 Å². The van der Waals surface area contributed by atoms with E-state index < -0.39 is 241 Å². The standard InChI is InChI=1S/C78H140N2O31/c1-5-7-9-11-13-15-17-19-20-21-22-23-24-26-28-30-32-34-36-38-58(91)80-50(51(88)37-35-33-31-29-27-25-18-16-14-12-10-8-6-2)46-102-74-66(98)64(96)69(56(44-84)105-74)108-76-67(99)72(111-78(77(100)101)40-52(89)59(79-48(4)87)71(110-78)60(92)53(90)41-81)70(57(45-85)106-76)109-73-49(39-47(3)86)68(62(94)55(43-83)103-73)107-75-65(97)63(95)61(93)54(42-82)104-75/h19-20,49-57,59-76,81-85,88-90,92-99H,5-18,21-46H2,1-4H3,(H,79,87)(H,80,91)(H,100,101)/t49-,50+,51-,52+,53-,54-,55-,56-,57-,59-,60-,61+,62+,63+,64-,65-,66-,67-,68-,69-,70+,71?,72-,73+,74-,75+,76+,78+/m1/s1. The number of unbranched alkanes of at least 4 members (excludes halogenated alkanes) is 27. The number of aliphatic hydroxyl groups excluding tert-OH is 16. The number of carbonyl (C=O) groups is 4. The van der Waals surface area contributed by atoms with Gasteiger partial charge in [0.1, 0.15) is 110 Å². The number of aliphatic hydroxyl groups is 16. The first-order valence-corrected chi connectivity index (χ1v) is 41.3. The zero-order chi connectivity index (χ0) is 81.6. The summed E-state index contributed by atoms with van der Waals surface area (Å²) in [4.78, 5) is 53.2.